The van der Waals surface area contributed by atoms with E-state index in [1.165, 1.54) is 6.08 Å². The second-order valence-electron chi connectivity index (χ2n) is 7.63. The molecule has 0 aliphatic carbocycles. The third-order valence-corrected chi connectivity index (χ3v) is 5.18. The third kappa shape index (κ3) is 5.24. The number of carbonyl (C=O) groups is 2. The number of aromatic hydroxyl groups is 1. The molecule has 3 N–H and O–H groups in total. The van der Waals surface area contributed by atoms with Gasteiger partial charge < -0.3 is 19.9 Å². The first-order chi connectivity index (χ1) is 16.4. The first-order valence-corrected chi connectivity index (χ1v) is 10.5. The average molecular weight is 457 g/mol. The molecule has 1 heterocycles. The van der Waals surface area contributed by atoms with Crippen LogP contribution >= 0.6 is 0 Å². The summed E-state index contributed by atoms with van der Waals surface area (Å²) in [7, 11) is 0. The maximum Gasteiger partial charge on any atom is 0.287 e. The van der Waals surface area contributed by atoms with Gasteiger partial charge in [-0.05, 0) is 79.1 Å². The fourth-order valence-corrected chi connectivity index (χ4v) is 3.25. The number of phenolic OH excluding ortho intramolecular Hbond substituents is 1. The number of nitrogens with one attached hydrogen (secondary N) is 2. The van der Waals surface area contributed by atoms with E-state index in [2.05, 4.69) is 15.8 Å². The SMILES string of the molecule is C/C(=N\NC(=O)C(=Cc1ccc2c(c1)OCO2)NC(=O)c1ccccc1)c1ccc(O)c(C)c1. The zero-order valence-corrected chi connectivity index (χ0v) is 18.7. The Labute approximate surface area is 196 Å². The second kappa shape index (κ2) is 9.91. The van der Waals surface area contributed by atoms with Gasteiger partial charge in [-0.2, -0.15) is 5.10 Å². The Kier molecular flexibility index (Phi) is 6.59. The van der Waals surface area contributed by atoms with Gasteiger partial charge in [0, 0.05) is 5.56 Å². The van der Waals surface area contributed by atoms with Crippen LogP contribution in [0.5, 0.6) is 17.2 Å². The van der Waals surface area contributed by atoms with Crippen molar-refractivity contribution in [2.75, 3.05) is 6.79 Å². The number of phenols is 1. The summed E-state index contributed by atoms with van der Waals surface area (Å²) in [6, 6.07) is 18.8. The molecule has 0 saturated heterocycles. The third-order valence-electron chi connectivity index (χ3n) is 5.18. The number of carbonyl (C=O) groups excluding carboxylic acids is 2. The van der Waals surface area contributed by atoms with E-state index in [1.807, 2.05) is 0 Å². The van der Waals surface area contributed by atoms with Crippen LogP contribution in [0.3, 0.4) is 0 Å². The summed E-state index contributed by atoms with van der Waals surface area (Å²) in [5.41, 5.74) is 5.51. The van der Waals surface area contributed by atoms with Crippen LogP contribution in [0.2, 0.25) is 0 Å². The van der Waals surface area contributed by atoms with Gasteiger partial charge >= 0.3 is 0 Å². The number of nitrogens with zero attached hydrogens (tertiary/aromatic N) is 1. The number of hydrogen-bond donors (Lipinski definition) is 3. The molecule has 172 valence electrons. The number of amides is 2. The summed E-state index contributed by atoms with van der Waals surface area (Å²) in [6.45, 7) is 3.64. The minimum atomic E-state index is -0.600. The fraction of sp³-hybridized carbons (Fsp3) is 0.115. The van der Waals surface area contributed by atoms with Gasteiger partial charge in [0.05, 0.1) is 5.71 Å². The van der Waals surface area contributed by atoms with Crippen molar-refractivity contribution in [2.24, 2.45) is 5.10 Å². The Balaban J connectivity index is 1.59. The minimum Gasteiger partial charge on any atom is -0.508 e. The summed E-state index contributed by atoms with van der Waals surface area (Å²) < 4.78 is 10.7. The number of hydrazone groups is 1. The molecule has 8 heteroatoms. The molecule has 0 bridgehead atoms. The summed E-state index contributed by atoms with van der Waals surface area (Å²) in [4.78, 5) is 25.7. The van der Waals surface area contributed by atoms with Gasteiger partial charge in [-0.1, -0.05) is 24.3 Å². The van der Waals surface area contributed by atoms with Crippen molar-refractivity contribution in [3.05, 3.63) is 94.7 Å². The van der Waals surface area contributed by atoms with Crippen LogP contribution in [0.1, 0.15) is 34.0 Å². The van der Waals surface area contributed by atoms with E-state index in [4.69, 9.17) is 9.47 Å². The van der Waals surface area contributed by atoms with Crippen molar-refractivity contribution < 1.29 is 24.2 Å². The Hall–Kier alpha value is -4.59. The van der Waals surface area contributed by atoms with E-state index in [9.17, 15) is 14.7 Å². The normalized spacial score (nSPS) is 12.9. The molecule has 1 aliphatic heterocycles. The molecular weight excluding hydrogens is 434 g/mol. The van der Waals surface area contributed by atoms with Gasteiger partial charge in [0.25, 0.3) is 11.8 Å². The molecule has 1 aliphatic rings. The van der Waals surface area contributed by atoms with E-state index >= 15 is 0 Å². The summed E-state index contributed by atoms with van der Waals surface area (Å²) in [5.74, 6) is 0.313. The lowest BCUT2D eigenvalue weighted by Crippen LogP contribution is -2.33. The highest BCUT2D eigenvalue weighted by Crippen LogP contribution is 2.33. The topological polar surface area (TPSA) is 109 Å². The van der Waals surface area contributed by atoms with Crippen molar-refractivity contribution in [1.82, 2.24) is 10.7 Å². The van der Waals surface area contributed by atoms with Crippen LogP contribution in [0.25, 0.3) is 6.08 Å². The second-order valence-corrected chi connectivity index (χ2v) is 7.63. The van der Waals surface area contributed by atoms with Gasteiger partial charge in [-0.3, -0.25) is 9.59 Å². The highest BCUT2D eigenvalue weighted by atomic mass is 16.7. The van der Waals surface area contributed by atoms with Crippen molar-refractivity contribution in [1.29, 1.82) is 0 Å². The molecule has 0 unspecified atom stereocenters. The van der Waals surface area contributed by atoms with E-state index in [0.29, 0.717) is 33.9 Å². The predicted octanol–water partition coefficient (Wildman–Crippen LogP) is 3.74. The lowest BCUT2D eigenvalue weighted by Gasteiger charge is -2.10. The Morgan fingerprint density at radius 3 is 2.50 bits per heavy atom. The molecular formula is C26H23N3O5. The monoisotopic (exact) mass is 457 g/mol. The van der Waals surface area contributed by atoms with E-state index < -0.39 is 11.8 Å². The van der Waals surface area contributed by atoms with Crippen LogP contribution in [0, 0.1) is 6.92 Å². The van der Waals surface area contributed by atoms with Gasteiger partial charge in [-0.15, -0.1) is 0 Å². The Bertz CT molecular complexity index is 1300. The molecule has 0 radical (unpaired) electrons. The molecule has 0 atom stereocenters. The molecule has 8 nitrogen and oxygen atoms in total. The van der Waals surface area contributed by atoms with E-state index in [0.717, 1.165) is 5.56 Å². The molecule has 2 amide bonds. The first kappa shape index (κ1) is 22.6. The molecule has 0 fully saturated rings. The Morgan fingerprint density at radius 2 is 1.74 bits per heavy atom. The number of hydrogen-bond acceptors (Lipinski definition) is 6. The zero-order chi connectivity index (χ0) is 24.1. The smallest absolute Gasteiger partial charge is 0.287 e. The first-order valence-electron chi connectivity index (χ1n) is 10.5. The summed E-state index contributed by atoms with van der Waals surface area (Å²) >= 11 is 0. The van der Waals surface area contributed by atoms with E-state index in [-0.39, 0.29) is 18.2 Å². The lowest BCUT2D eigenvalue weighted by molar-refractivity contribution is -0.117. The van der Waals surface area contributed by atoms with Crippen molar-refractivity contribution in [3.63, 3.8) is 0 Å². The van der Waals surface area contributed by atoms with Crippen LogP contribution in [-0.2, 0) is 4.79 Å². The molecule has 3 aromatic carbocycles. The largest absolute Gasteiger partial charge is 0.508 e. The van der Waals surface area contributed by atoms with Crippen LogP contribution < -0.4 is 20.2 Å². The molecule has 0 aromatic heterocycles. The average Bonchev–Trinajstić information content (AvgIpc) is 3.32. The van der Waals surface area contributed by atoms with Gasteiger partial charge in [-0.25, -0.2) is 5.43 Å². The molecule has 4 rings (SSSR count). The van der Waals surface area contributed by atoms with E-state index in [1.54, 1.807) is 80.6 Å². The minimum absolute atomic E-state index is 0.00570. The highest BCUT2D eigenvalue weighted by molar-refractivity contribution is 6.06. The molecule has 3 aromatic rings. The molecule has 34 heavy (non-hydrogen) atoms. The number of benzene rings is 3. The van der Waals surface area contributed by atoms with Crippen molar-refractivity contribution >= 4 is 23.6 Å². The number of aryl methyl sites for hydroxylation is 1. The maximum absolute atomic E-state index is 13.0. The zero-order valence-electron chi connectivity index (χ0n) is 18.7. The fourth-order valence-electron chi connectivity index (χ4n) is 3.25. The lowest BCUT2D eigenvalue weighted by atomic mass is 10.1. The number of ether oxygens (including phenoxy) is 2. The van der Waals surface area contributed by atoms with Gasteiger partial charge in [0.2, 0.25) is 6.79 Å². The van der Waals surface area contributed by atoms with Crippen LogP contribution in [0.4, 0.5) is 0 Å². The van der Waals surface area contributed by atoms with Gasteiger partial charge in [0.1, 0.15) is 11.4 Å². The van der Waals surface area contributed by atoms with Crippen molar-refractivity contribution in [3.8, 4) is 17.2 Å². The predicted molar refractivity (Wildman–Crippen MR) is 128 cm³/mol. The number of fused-ring (bicyclic) bond motifs is 1. The quantitative estimate of drug-likeness (QED) is 0.297. The summed E-state index contributed by atoms with van der Waals surface area (Å²) in [5, 5.41) is 16.5. The molecule has 0 spiro atoms. The number of rotatable bonds is 6. The van der Waals surface area contributed by atoms with Gasteiger partial charge in [0.15, 0.2) is 11.5 Å². The Morgan fingerprint density at radius 1 is 0.971 bits per heavy atom. The van der Waals surface area contributed by atoms with Crippen LogP contribution in [0.15, 0.2) is 77.5 Å². The molecule has 0 saturated carbocycles. The maximum atomic E-state index is 13.0. The highest BCUT2D eigenvalue weighted by Gasteiger charge is 2.17. The summed E-state index contributed by atoms with van der Waals surface area (Å²) in [6.07, 6.45) is 1.54. The van der Waals surface area contributed by atoms with Crippen LogP contribution in [-0.4, -0.2) is 29.4 Å². The van der Waals surface area contributed by atoms with Crippen molar-refractivity contribution in [2.45, 2.75) is 13.8 Å². The standard InChI is InChI=1S/C26H23N3O5/c1-16-12-20(9-10-22(16)30)17(2)28-29-26(32)21(27-25(31)19-6-4-3-5-7-19)13-18-8-11-23-24(14-18)34-15-33-23/h3-14,30H,15H2,1-2H3,(H,27,31)(H,29,32)/b21-13?,28-17+.